The average molecular weight is 122 g/mol. The average Bonchev–Trinajstić information content (AvgIpc) is 1.90. The Kier molecular flexibility index (Phi) is 1.73. The summed E-state index contributed by atoms with van der Waals surface area (Å²) in [5.74, 6) is 0.408. The van der Waals surface area contributed by atoms with E-state index in [0.29, 0.717) is 0 Å². The van der Waals surface area contributed by atoms with Crippen molar-refractivity contribution in [1.82, 2.24) is 0 Å². The molecule has 0 bridgehead atoms. The van der Waals surface area contributed by atoms with Gasteiger partial charge in [0, 0.05) is 5.92 Å². The smallest absolute Gasteiger partial charge is 0.0922 e. The summed E-state index contributed by atoms with van der Waals surface area (Å²) in [6, 6.07) is 0. The van der Waals surface area contributed by atoms with Gasteiger partial charge in [-0.2, -0.15) is 0 Å². The van der Waals surface area contributed by atoms with Crippen LogP contribution in [-0.2, 0) is 0 Å². The minimum absolute atomic E-state index is 0.148. The van der Waals surface area contributed by atoms with Crippen LogP contribution in [0.1, 0.15) is 6.42 Å². The molecule has 1 aliphatic carbocycles. The summed E-state index contributed by atoms with van der Waals surface area (Å²) in [5.41, 5.74) is 0. The van der Waals surface area contributed by atoms with Gasteiger partial charge in [0.1, 0.15) is 0 Å². The summed E-state index contributed by atoms with van der Waals surface area (Å²) in [5, 5.41) is 8.90. The molecular formula is C8H10O. The van der Waals surface area contributed by atoms with Crippen LogP contribution in [0.25, 0.3) is 0 Å². The van der Waals surface area contributed by atoms with Gasteiger partial charge in [-0.15, -0.1) is 0 Å². The van der Waals surface area contributed by atoms with Gasteiger partial charge < -0.3 is 5.11 Å². The molecule has 48 valence electrons. The molecule has 0 spiro atoms. The Morgan fingerprint density at radius 3 is 2.67 bits per heavy atom. The fourth-order valence-electron chi connectivity index (χ4n) is 0.828. The minimum atomic E-state index is 0.148. The number of rotatable bonds is 1. The van der Waals surface area contributed by atoms with E-state index in [-0.39, 0.29) is 11.7 Å². The highest BCUT2D eigenvalue weighted by atomic mass is 16.3. The van der Waals surface area contributed by atoms with Gasteiger partial charge in [-0.05, 0) is 6.42 Å². The molecule has 1 N–H and O–H groups in total. The molecule has 1 heteroatoms. The lowest BCUT2D eigenvalue weighted by Gasteiger charge is -2.09. The fraction of sp³-hybridized carbons (Fsp3) is 0.250. The van der Waals surface area contributed by atoms with E-state index >= 15 is 0 Å². The maximum absolute atomic E-state index is 8.90. The van der Waals surface area contributed by atoms with E-state index in [9.17, 15) is 0 Å². The van der Waals surface area contributed by atoms with E-state index in [1.54, 1.807) is 0 Å². The summed E-state index contributed by atoms with van der Waals surface area (Å²) in [6.07, 6.45) is 8.75. The third-order valence-corrected chi connectivity index (χ3v) is 1.41. The summed E-state index contributed by atoms with van der Waals surface area (Å²) in [7, 11) is 0. The van der Waals surface area contributed by atoms with Gasteiger partial charge in [-0.1, -0.05) is 30.9 Å². The molecule has 1 nitrogen and oxygen atoms in total. The van der Waals surface area contributed by atoms with Gasteiger partial charge in [-0.25, -0.2) is 0 Å². The molecule has 0 aliphatic heterocycles. The van der Waals surface area contributed by atoms with E-state index in [1.165, 1.54) is 0 Å². The van der Waals surface area contributed by atoms with Crippen molar-refractivity contribution in [2.45, 2.75) is 6.42 Å². The van der Waals surface area contributed by atoms with Crippen LogP contribution < -0.4 is 0 Å². The second kappa shape index (κ2) is 2.53. The largest absolute Gasteiger partial charge is 0.512 e. The SMILES string of the molecule is C=C(O)C1C=CC=CC1. The lowest BCUT2D eigenvalue weighted by Crippen LogP contribution is -1.99. The minimum Gasteiger partial charge on any atom is -0.512 e. The Morgan fingerprint density at radius 1 is 1.56 bits per heavy atom. The molecule has 0 heterocycles. The maximum atomic E-state index is 8.90. The first-order valence-corrected chi connectivity index (χ1v) is 3.02. The molecule has 1 aliphatic rings. The molecule has 0 radical (unpaired) electrons. The van der Waals surface area contributed by atoms with Crippen LogP contribution in [-0.4, -0.2) is 5.11 Å². The van der Waals surface area contributed by atoms with Crippen molar-refractivity contribution in [2.24, 2.45) is 5.92 Å². The van der Waals surface area contributed by atoms with Gasteiger partial charge in [0.2, 0.25) is 0 Å². The standard InChI is InChI=1S/C8H10O/c1-7(9)8-5-3-2-4-6-8/h2-5,8-9H,1,6H2. The van der Waals surface area contributed by atoms with Crippen LogP contribution >= 0.6 is 0 Å². The van der Waals surface area contributed by atoms with Crippen molar-refractivity contribution in [2.75, 3.05) is 0 Å². The van der Waals surface area contributed by atoms with Gasteiger partial charge in [-0.3, -0.25) is 0 Å². The van der Waals surface area contributed by atoms with Gasteiger partial charge in [0.05, 0.1) is 5.76 Å². The molecule has 0 saturated carbocycles. The molecule has 0 fully saturated rings. The first-order valence-electron chi connectivity index (χ1n) is 3.02. The van der Waals surface area contributed by atoms with Crippen molar-refractivity contribution < 1.29 is 5.11 Å². The summed E-state index contributed by atoms with van der Waals surface area (Å²) in [6.45, 7) is 3.45. The van der Waals surface area contributed by atoms with Crippen molar-refractivity contribution in [3.8, 4) is 0 Å². The molecule has 0 aromatic rings. The molecule has 0 saturated heterocycles. The first-order chi connectivity index (χ1) is 4.30. The highest BCUT2D eigenvalue weighted by Gasteiger charge is 2.06. The highest BCUT2D eigenvalue weighted by molar-refractivity contribution is 5.16. The zero-order valence-corrected chi connectivity index (χ0v) is 5.25. The van der Waals surface area contributed by atoms with Crippen molar-refractivity contribution in [3.05, 3.63) is 36.6 Å². The quantitative estimate of drug-likeness (QED) is 0.528. The van der Waals surface area contributed by atoms with Crippen LogP contribution in [0.15, 0.2) is 36.6 Å². The zero-order valence-electron chi connectivity index (χ0n) is 5.25. The molecule has 0 aromatic carbocycles. The van der Waals surface area contributed by atoms with Crippen molar-refractivity contribution in [3.63, 3.8) is 0 Å². The number of hydrogen-bond donors (Lipinski definition) is 1. The topological polar surface area (TPSA) is 20.2 Å². The predicted octanol–water partition coefficient (Wildman–Crippen LogP) is 2.19. The van der Waals surface area contributed by atoms with E-state index in [0.717, 1.165) is 6.42 Å². The van der Waals surface area contributed by atoms with Gasteiger partial charge in [0.15, 0.2) is 0 Å². The molecule has 9 heavy (non-hydrogen) atoms. The first kappa shape index (κ1) is 6.14. The monoisotopic (exact) mass is 122 g/mol. The maximum Gasteiger partial charge on any atom is 0.0922 e. The lowest BCUT2D eigenvalue weighted by molar-refractivity contribution is 0.359. The van der Waals surface area contributed by atoms with Crippen LogP contribution in [0, 0.1) is 5.92 Å². The summed E-state index contributed by atoms with van der Waals surface area (Å²) in [4.78, 5) is 0. The van der Waals surface area contributed by atoms with Crippen molar-refractivity contribution in [1.29, 1.82) is 0 Å². The van der Waals surface area contributed by atoms with Crippen molar-refractivity contribution >= 4 is 0 Å². The Bertz CT molecular complexity index is 165. The number of aliphatic hydroxyl groups excluding tert-OH is 1. The molecule has 0 aromatic heterocycles. The van der Waals surface area contributed by atoms with Crippen LogP contribution in [0.2, 0.25) is 0 Å². The zero-order chi connectivity index (χ0) is 6.69. The fourth-order valence-corrected chi connectivity index (χ4v) is 0.828. The highest BCUT2D eigenvalue weighted by Crippen LogP contribution is 2.16. The Hall–Kier alpha value is -0.980. The second-order valence-corrected chi connectivity index (χ2v) is 2.15. The van der Waals surface area contributed by atoms with E-state index < -0.39 is 0 Å². The Balaban J connectivity index is 2.56. The molecule has 1 unspecified atom stereocenters. The van der Waals surface area contributed by atoms with E-state index in [1.807, 2.05) is 24.3 Å². The number of aliphatic hydroxyl groups is 1. The lowest BCUT2D eigenvalue weighted by atomic mass is 10.00. The number of hydrogen-bond acceptors (Lipinski definition) is 1. The predicted molar refractivity (Wildman–Crippen MR) is 38.2 cm³/mol. The Morgan fingerprint density at radius 2 is 2.33 bits per heavy atom. The Labute approximate surface area is 55.0 Å². The molecular weight excluding hydrogens is 112 g/mol. The molecule has 0 amide bonds. The molecule has 1 rings (SSSR count). The van der Waals surface area contributed by atoms with E-state index in [4.69, 9.17) is 5.11 Å². The second-order valence-electron chi connectivity index (χ2n) is 2.15. The molecule has 1 atom stereocenters. The summed E-state index contributed by atoms with van der Waals surface area (Å²) >= 11 is 0. The van der Waals surface area contributed by atoms with Gasteiger partial charge >= 0.3 is 0 Å². The van der Waals surface area contributed by atoms with E-state index in [2.05, 4.69) is 6.58 Å². The van der Waals surface area contributed by atoms with Crippen LogP contribution in [0.3, 0.4) is 0 Å². The number of allylic oxidation sites excluding steroid dienone is 4. The summed E-state index contributed by atoms with van der Waals surface area (Å²) < 4.78 is 0. The van der Waals surface area contributed by atoms with Crippen LogP contribution in [0.5, 0.6) is 0 Å². The van der Waals surface area contributed by atoms with Gasteiger partial charge in [0.25, 0.3) is 0 Å². The third kappa shape index (κ3) is 1.46. The normalized spacial score (nSPS) is 24.2. The van der Waals surface area contributed by atoms with Crippen LogP contribution in [0.4, 0.5) is 0 Å². The third-order valence-electron chi connectivity index (χ3n) is 1.41.